The lowest BCUT2D eigenvalue weighted by Crippen LogP contribution is -2.01. The van der Waals surface area contributed by atoms with Gasteiger partial charge in [0.2, 0.25) is 0 Å². The molecule has 2 N–H and O–H groups in total. The van der Waals surface area contributed by atoms with Gasteiger partial charge in [-0.05, 0) is 108 Å². The summed E-state index contributed by atoms with van der Waals surface area (Å²) < 4.78 is 6.04. The highest BCUT2D eigenvalue weighted by Gasteiger charge is 2.28. The van der Waals surface area contributed by atoms with E-state index in [2.05, 4.69) is 72.9 Å². The third kappa shape index (κ3) is 7.79. The fourth-order valence-electron chi connectivity index (χ4n) is 4.39. The van der Waals surface area contributed by atoms with Crippen molar-refractivity contribution < 1.29 is 14.6 Å². The van der Waals surface area contributed by atoms with Gasteiger partial charge in [-0.15, -0.1) is 0 Å². The minimum absolute atomic E-state index is 0.0185. The molecule has 5 rings (SSSR count). The molecule has 36 heavy (non-hydrogen) atoms. The number of rotatable bonds is 10. The van der Waals surface area contributed by atoms with Gasteiger partial charge in [0.1, 0.15) is 5.75 Å². The summed E-state index contributed by atoms with van der Waals surface area (Å²) in [6.45, 7) is 3.85. The molecule has 0 aliphatic heterocycles. The van der Waals surface area contributed by atoms with Crippen LogP contribution in [0.5, 0.6) is 5.75 Å². The van der Waals surface area contributed by atoms with Crippen LogP contribution in [0.15, 0.2) is 66.7 Å². The molecule has 1 saturated carbocycles. The molecule has 1 fully saturated rings. The van der Waals surface area contributed by atoms with Gasteiger partial charge in [0.05, 0.1) is 12.5 Å². The molecule has 0 spiro atoms. The highest BCUT2D eigenvalue weighted by Crippen LogP contribution is 2.35. The van der Waals surface area contributed by atoms with E-state index in [0.29, 0.717) is 0 Å². The Labute approximate surface area is 219 Å². The number of aliphatic carboxylic acids is 1. The third-order valence-corrected chi connectivity index (χ3v) is 7.52. The Morgan fingerprint density at radius 3 is 2.53 bits per heavy atom. The molecule has 190 valence electrons. The zero-order chi connectivity index (χ0) is 25.2. The maximum atomic E-state index is 9.76. The van der Waals surface area contributed by atoms with E-state index in [1.54, 1.807) is 0 Å². The van der Waals surface area contributed by atoms with Crippen molar-refractivity contribution in [3.05, 3.63) is 83.4 Å². The first-order chi connectivity index (χ1) is 17.6. The molecule has 0 atom stereocenters. The van der Waals surface area contributed by atoms with Crippen molar-refractivity contribution in [2.45, 2.75) is 52.0 Å². The minimum atomic E-state index is -0.630. The largest absolute Gasteiger partial charge is 0.494 e. The summed E-state index contributed by atoms with van der Waals surface area (Å²) >= 11 is 1.98. The molecule has 3 aromatic rings. The van der Waals surface area contributed by atoms with Crippen molar-refractivity contribution in [3.63, 3.8) is 0 Å². The van der Waals surface area contributed by atoms with Crippen LogP contribution in [0, 0.1) is 5.92 Å². The Hall–Kier alpha value is -2.92. The number of aryl methyl sites for hydroxylation is 2. The van der Waals surface area contributed by atoms with Gasteiger partial charge in [0.25, 0.3) is 0 Å². The summed E-state index contributed by atoms with van der Waals surface area (Å²) in [5.41, 5.74) is 8.12. The molecule has 0 saturated heterocycles. The van der Waals surface area contributed by atoms with Gasteiger partial charge in [-0.1, -0.05) is 43.3 Å². The van der Waals surface area contributed by atoms with Crippen LogP contribution in [0.1, 0.15) is 49.3 Å². The molecule has 0 amide bonds. The van der Waals surface area contributed by atoms with E-state index in [0.717, 1.165) is 56.7 Å². The van der Waals surface area contributed by atoms with Crippen LogP contribution in [-0.4, -0.2) is 29.2 Å². The van der Waals surface area contributed by atoms with Crippen LogP contribution < -0.4 is 10.1 Å². The molecule has 4 nitrogen and oxygen atoms in total. The number of carbonyl (C=O) groups is 1. The Balaban J connectivity index is 0.000000445. The Bertz CT molecular complexity index is 1130. The number of anilines is 1. The summed E-state index contributed by atoms with van der Waals surface area (Å²) in [5, 5.41) is 11.6. The number of nitrogens with one attached hydrogen (secondary N) is 1. The zero-order valence-electron chi connectivity index (χ0n) is 21.2. The first-order valence-corrected chi connectivity index (χ1v) is 14.3. The van der Waals surface area contributed by atoms with Crippen molar-refractivity contribution in [1.29, 1.82) is 0 Å². The lowest BCUT2D eigenvalue weighted by atomic mass is 9.94. The second kappa shape index (κ2) is 13.4. The lowest BCUT2D eigenvalue weighted by molar-refractivity contribution is -0.138. The van der Waals surface area contributed by atoms with E-state index in [4.69, 9.17) is 9.84 Å². The fourth-order valence-corrected chi connectivity index (χ4v) is 5.00. The highest BCUT2D eigenvalue weighted by atomic mass is 32.2. The van der Waals surface area contributed by atoms with E-state index in [9.17, 15) is 4.79 Å². The third-order valence-electron chi connectivity index (χ3n) is 6.54. The minimum Gasteiger partial charge on any atom is -0.494 e. The van der Waals surface area contributed by atoms with E-state index >= 15 is 0 Å². The zero-order valence-corrected chi connectivity index (χ0v) is 22.0. The van der Waals surface area contributed by atoms with Gasteiger partial charge in [0.15, 0.2) is 0 Å². The van der Waals surface area contributed by atoms with Gasteiger partial charge in [-0.25, -0.2) is 0 Å². The molecular formula is C31H37NO3S. The van der Waals surface area contributed by atoms with Crippen molar-refractivity contribution in [2.24, 2.45) is 5.92 Å². The number of carboxylic acid groups (broad SMARTS) is 1. The van der Waals surface area contributed by atoms with Crippen molar-refractivity contribution in [2.75, 3.05) is 23.4 Å². The highest BCUT2D eigenvalue weighted by molar-refractivity contribution is 7.99. The Morgan fingerprint density at radius 1 is 1.00 bits per heavy atom. The van der Waals surface area contributed by atoms with Crippen LogP contribution in [0.4, 0.5) is 5.69 Å². The first-order valence-electron chi connectivity index (χ1n) is 13.1. The molecule has 0 heterocycles. The van der Waals surface area contributed by atoms with Crippen LogP contribution in [0.25, 0.3) is 11.1 Å². The SMILES string of the molecule is CCSCCCOc1ccc2c(c1)CCCc1ccc(CNc3ccccc3)cc1-2.O=C(O)C1CC1. The number of fused-ring (bicyclic) bond motifs is 3. The topological polar surface area (TPSA) is 58.6 Å². The number of thioether (sulfide) groups is 1. The average molecular weight is 504 g/mol. The van der Waals surface area contributed by atoms with Gasteiger partial charge in [-0.2, -0.15) is 11.8 Å². The van der Waals surface area contributed by atoms with Gasteiger partial charge in [-0.3, -0.25) is 4.79 Å². The summed E-state index contributed by atoms with van der Waals surface area (Å²) in [4.78, 5) is 9.76. The van der Waals surface area contributed by atoms with Crippen molar-refractivity contribution in [3.8, 4) is 16.9 Å². The van der Waals surface area contributed by atoms with Crippen molar-refractivity contribution >= 4 is 23.4 Å². The number of ether oxygens (including phenoxy) is 1. The van der Waals surface area contributed by atoms with Crippen LogP contribution in [0.3, 0.4) is 0 Å². The maximum absolute atomic E-state index is 9.76. The number of para-hydroxylation sites is 1. The van der Waals surface area contributed by atoms with Gasteiger partial charge in [0, 0.05) is 12.2 Å². The van der Waals surface area contributed by atoms with E-state index in [-0.39, 0.29) is 5.92 Å². The Kier molecular flexibility index (Phi) is 9.74. The molecule has 3 aromatic carbocycles. The number of hydrogen-bond donors (Lipinski definition) is 2. The van der Waals surface area contributed by atoms with Gasteiger partial charge < -0.3 is 15.2 Å². The quantitative estimate of drug-likeness (QED) is 0.281. The monoisotopic (exact) mass is 503 g/mol. The summed E-state index contributed by atoms with van der Waals surface area (Å²) in [7, 11) is 0. The number of carboxylic acids is 1. The molecule has 5 heteroatoms. The van der Waals surface area contributed by atoms with Gasteiger partial charge >= 0.3 is 5.97 Å². The van der Waals surface area contributed by atoms with Crippen LogP contribution in [-0.2, 0) is 24.2 Å². The normalized spacial score (nSPS) is 13.9. The van der Waals surface area contributed by atoms with Crippen molar-refractivity contribution in [1.82, 2.24) is 0 Å². The maximum Gasteiger partial charge on any atom is 0.306 e. The fraction of sp³-hybridized carbons (Fsp3) is 0.387. The summed E-state index contributed by atoms with van der Waals surface area (Å²) in [6, 6.07) is 24.1. The van der Waals surface area contributed by atoms with E-state index < -0.39 is 5.97 Å². The van der Waals surface area contributed by atoms with E-state index in [1.165, 1.54) is 45.7 Å². The predicted molar refractivity (Wildman–Crippen MR) is 151 cm³/mol. The van der Waals surface area contributed by atoms with Crippen LogP contribution in [0.2, 0.25) is 0 Å². The van der Waals surface area contributed by atoms with Crippen LogP contribution >= 0.6 is 11.8 Å². The molecular weight excluding hydrogens is 466 g/mol. The predicted octanol–water partition coefficient (Wildman–Crippen LogP) is 7.46. The first kappa shape index (κ1) is 26.2. The standard InChI is InChI=1S/C27H31NOS.C4H6O2/c1-2-30-17-7-16-29-25-14-15-26-23(19-25)9-6-8-22-13-12-21(18-27(22)26)20-28-24-10-4-3-5-11-24;5-4(6)3-1-2-3/h3-5,10-15,18-19,28H,2,6-9,16-17,20H2,1H3;3H,1-2H2,(H,5,6). The molecule has 2 aliphatic rings. The molecule has 2 aliphatic carbocycles. The molecule has 0 unspecified atom stereocenters. The van der Waals surface area contributed by atoms with E-state index in [1.807, 2.05) is 17.8 Å². The second-order valence-corrected chi connectivity index (χ2v) is 10.8. The lowest BCUT2D eigenvalue weighted by Gasteiger charge is -2.14. The average Bonchev–Trinajstić information content (AvgIpc) is 3.76. The smallest absolute Gasteiger partial charge is 0.306 e. The number of hydrogen-bond acceptors (Lipinski definition) is 4. The molecule has 0 aromatic heterocycles. The Morgan fingerprint density at radius 2 is 1.81 bits per heavy atom. The molecule has 0 radical (unpaired) electrons. The molecule has 0 bridgehead atoms. The summed E-state index contributed by atoms with van der Waals surface area (Å²) in [5.74, 6) is 2.76. The second-order valence-electron chi connectivity index (χ2n) is 9.40. The summed E-state index contributed by atoms with van der Waals surface area (Å²) in [6.07, 6.45) is 6.35. The number of benzene rings is 3.